The van der Waals surface area contributed by atoms with Crippen LogP contribution in [0, 0.1) is 5.92 Å². The molecule has 2 atom stereocenters. The lowest BCUT2D eigenvalue weighted by atomic mass is 9.85. The lowest BCUT2D eigenvalue weighted by Gasteiger charge is -2.31. The number of morpholine rings is 1. The maximum atomic E-state index is 12.9. The van der Waals surface area contributed by atoms with Gasteiger partial charge in [0, 0.05) is 19.1 Å². The second kappa shape index (κ2) is 8.06. The van der Waals surface area contributed by atoms with E-state index in [-0.39, 0.29) is 48.9 Å². The molecule has 1 aliphatic heterocycles. The van der Waals surface area contributed by atoms with Crippen LogP contribution >= 0.6 is 11.3 Å². The molecular formula is C16H21F3N2O4S2. The molecule has 11 heteroatoms. The molecule has 1 aliphatic carbocycles. The van der Waals surface area contributed by atoms with E-state index in [2.05, 4.69) is 5.32 Å². The summed E-state index contributed by atoms with van der Waals surface area (Å²) in [6.07, 6.45) is -3.57. The third-order valence-corrected chi connectivity index (χ3v) is 7.88. The van der Waals surface area contributed by atoms with Gasteiger partial charge >= 0.3 is 6.18 Å². The summed E-state index contributed by atoms with van der Waals surface area (Å²) in [6.45, 7) is 0.974. The largest absolute Gasteiger partial charge is 0.391 e. The van der Waals surface area contributed by atoms with Crippen LogP contribution in [0.4, 0.5) is 13.2 Å². The summed E-state index contributed by atoms with van der Waals surface area (Å²) in [4.78, 5) is 12.5. The third kappa shape index (κ3) is 4.64. The predicted octanol–water partition coefficient (Wildman–Crippen LogP) is 2.62. The minimum atomic E-state index is -4.28. The van der Waals surface area contributed by atoms with Crippen molar-refractivity contribution in [1.29, 1.82) is 0 Å². The van der Waals surface area contributed by atoms with Gasteiger partial charge in [-0.05, 0) is 30.7 Å². The molecule has 1 amide bonds. The van der Waals surface area contributed by atoms with Gasteiger partial charge in [0.2, 0.25) is 10.0 Å². The highest BCUT2D eigenvalue weighted by Crippen LogP contribution is 2.37. The standard InChI is InChI=1S/C16H21F3N2O4S2/c17-16(18,19)11-2-1-3-12(10-11)20-15(22)14-13(4-9-26-14)27(23,24)21-5-7-25-8-6-21/h4,9,11-12H,1-3,5-8,10H2,(H,20,22). The van der Waals surface area contributed by atoms with E-state index in [0.717, 1.165) is 11.3 Å². The fourth-order valence-electron chi connectivity index (χ4n) is 3.46. The summed E-state index contributed by atoms with van der Waals surface area (Å²) >= 11 is 0.972. The molecular weight excluding hydrogens is 405 g/mol. The maximum absolute atomic E-state index is 12.9. The smallest absolute Gasteiger partial charge is 0.379 e. The van der Waals surface area contributed by atoms with Gasteiger partial charge in [-0.2, -0.15) is 17.5 Å². The Balaban J connectivity index is 1.72. The number of nitrogens with one attached hydrogen (secondary N) is 1. The van der Waals surface area contributed by atoms with Crippen LogP contribution in [0.15, 0.2) is 16.3 Å². The van der Waals surface area contributed by atoms with E-state index in [1.165, 1.54) is 15.8 Å². The first kappa shape index (κ1) is 20.6. The first-order valence-corrected chi connectivity index (χ1v) is 11.0. The topological polar surface area (TPSA) is 75.7 Å². The summed E-state index contributed by atoms with van der Waals surface area (Å²) < 4.78 is 70.8. The van der Waals surface area contributed by atoms with Crippen molar-refractivity contribution < 1.29 is 31.1 Å². The molecule has 2 aliphatic rings. The Morgan fingerprint density at radius 2 is 1.96 bits per heavy atom. The average molecular weight is 426 g/mol. The van der Waals surface area contributed by atoms with Crippen molar-refractivity contribution in [1.82, 2.24) is 9.62 Å². The Morgan fingerprint density at radius 1 is 1.26 bits per heavy atom. The van der Waals surface area contributed by atoms with Gasteiger partial charge in [-0.1, -0.05) is 6.42 Å². The Bertz CT molecular complexity index is 773. The van der Waals surface area contributed by atoms with Crippen molar-refractivity contribution in [3.8, 4) is 0 Å². The van der Waals surface area contributed by atoms with Gasteiger partial charge in [0.15, 0.2) is 0 Å². The van der Waals surface area contributed by atoms with Crippen molar-refractivity contribution in [2.45, 2.75) is 42.8 Å². The molecule has 1 N–H and O–H groups in total. The maximum Gasteiger partial charge on any atom is 0.391 e. The molecule has 6 nitrogen and oxygen atoms in total. The van der Waals surface area contributed by atoms with Crippen molar-refractivity contribution in [3.63, 3.8) is 0 Å². The van der Waals surface area contributed by atoms with Crippen molar-refractivity contribution >= 4 is 27.3 Å². The van der Waals surface area contributed by atoms with Crippen molar-refractivity contribution in [3.05, 3.63) is 16.3 Å². The van der Waals surface area contributed by atoms with Gasteiger partial charge < -0.3 is 10.1 Å². The van der Waals surface area contributed by atoms with Gasteiger partial charge in [-0.3, -0.25) is 4.79 Å². The van der Waals surface area contributed by atoms with Gasteiger partial charge in [-0.25, -0.2) is 8.42 Å². The molecule has 0 radical (unpaired) electrons. The number of thiophene rings is 1. The zero-order chi connectivity index (χ0) is 19.7. The number of carbonyl (C=O) groups excluding carboxylic acids is 1. The molecule has 3 rings (SSSR count). The van der Waals surface area contributed by atoms with Crippen LogP contribution in [-0.2, 0) is 14.8 Å². The van der Waals surface area contributed by atoms with Crippen molar-refractivity contribution in [2.75, 3.05) is 26.3 Å². The van der Waals surface area contributed by atoms with E-state index in [0.29, 0.717) is 12.8 Å². The monoisotopic (exact) mass is 426 g/mol. The molecule has 0 aromatic carbocycles. The molecule has 1 saturated heterocycles. The normalized spacial score (nSPS) is 25.3. The van der Waals surface area contributed by atoms with Crippen LogP contribution in [-0.4, -0.2) is 57.2 Å². The molecule has 2 unspecified atom stereocenters. The van der Waals surface area contributed by atoms with Crippen LogP contribution in [0.2, 0.25) is 0 Å². The fourth-order valence-corrected chi connectivity index (χ4v) is 6.17. The number of sulfonamides is 1. The van der Waals surface area contributed by atoms with Crippen LogP contribution in [0.5, 0.6) is 0 Å². The second-order valence-corrected chi connectivity index (χ2v) is 9.53. The number of rotatable bonds is 4. The average Bonchev–Trinajstić information content (AvgIpc) is 3.13. The zero-order valence-corrected chi connectivity index (χ0v) is 16.1. The predicted molar refractivity (Wildman–Crippen MR) is 93.2 cm³/mol. The van der Waals surface area contributed by atoms with E-state index in [9.17, 15) is 26.4 Å². The quantitative estimate of drug-likeness (QED) is 0.803. The number of hydrogen-bond donors (Lipinski definition) is 1. The lowest BCUT2D eigenvalue weighted by Crippen LogP contribution is -2.43. The molecule has 27 heavy (non-hydrogen) atoms. The van der Waals surface area contributed by atoms with Crippen LogP contribution in [0.1, 0.15) is 35.4 Å². The van der Waals surface area contributed by atoms with Crippen molar-refractivity contribution in [2.24, 2.45) is 5.92 Å². The van der Waals surface area contributed by atoms with E-state index in [4.69, 9.17) is 4.74 Å². The number of amides is 1. The molecule has 0 bridgehead atoms. The fraction of sp³-hybridized carbons (Fsp3) is 0.688. The number of halogens is 3. The number of ether oxygens (including phenoxy) is 1. The highest BCUT2D eigenvalue weighted by Gasteiger charge is 2.42. The van der Waals surface area contributed by atoms with E-state index < -0.39 is 34.1 Å². The molecule has 2 fully saturated rings. The number of alkyl halides is 3. The minimum Gasteiger partial charge on any atom is -0.379 e. The Kier molecular flexibility index (Phi) is 6.14. The van der Waals surface area contributed by atoms with Gasteiger partial charge in [-0.15, -0.1) is 11.3 Å². The molecule has 2 heterocycles. The van der Waals surface area contributed by atoms with E-state index >= 15 is 0 Å². The molecule has 1 aromatic rings. The highest BCUT2D eigenvalue weighted by molar-refractivity contribution is 7.89. The Hall–Kier alpha value is -1.17. The van der Waals surface area contributed by atoms with Gasteiger partial charge in [0.05, 0.1) is 19.1 Å². The third-order valence-electron chi connectivity index (χ3n) is 4.90. The Morgan fingerprint density at radius 3 is 2.63 bits per heavy atom. The molecule has 1 aromatic heterocycles. The first-order valence-electron chi connectivity index (χ1n) is 8.72. The molecule has 1 saturated carbocycles. The summed E-state index contributed by atoms with van der Waals surface area (Å²) in [5, 5.41) is 4.10. The molecule has 152 valence electrons. The van der Waals surface area contributed by atoms with Gasteiger partial charge in [0.25, 0.3) is 5.91 Å². The van der Waals surface area contributed by atoms with Gasteiger partial charge in [0.1, 0.15) is 9.77 Å². The van der Waals surface area contributed by atoms with Crippen LogP contribution < -0.4 is 5.32 Å². The van der Waals surface area contributed by atoms with Crippen LogP contribution in [0.25, 0.3) is 0 Å². The lowest BCUT2D eigenvalue weighted by molar-refractivity contribution is -0.183. The summed E-state index contributed by atoms with van der Waals surface area (Å²) in [5.41, 5.74) is 0. The number of nitrogens with zero attached hydrogens (tertiary/aromatic N) is 1. The summed E-state index contributed by atoms with van der Waals surface area (Å²) in [6, 6.07) is 0.753. The minimum absolute atomic E-state index is 0.00984. The highest BCUT2D eigenvalue weighted by atomic mass is 32.2. The summed E-state index contributed by atoms with van der Waals surface area (Å²) in [5.74, 6) is -2.07. The number of hydrogen-bond acceptors (Lipinski definition) is 5. The van der Waals surface area contributed by atoms with E-state index in [1.807, 2.05) is 0 Å². The Labute approximate surface area is 159 Å². The SMILES string of the molecule is O=C(NC1CCCC(C(F)(F)F)C1)c1sccc1S(=O)(=O)N1CCOCC1. The van der Waals surface area contributed by atoms with Crippen LogP contribution in [0.3, 0.4) is 0 Å². The van der Waals surface area contributed by atoms with E-state index in [1.54, 1.807) is 0 Å². The zero-order valence-electron chi connectivity index (χ0n) is 14.5. The number of carbonyl (C=O) groups is 1. The summed E-state index contributed by atoms with van der Waals surface area (Å²) in [7, 11) is -3.85. The first-order chi connectivity index (χ1) is 12.7. The molecule has 0 spiro atoms. The second-order valence-electron chi connectivity index (χ2n) is 6.71.